The first-order valence-electron chi connectivity index (χ1n) is 7.04. The minimum absolute atomic E-state index is 0.00795. The van der Waals surface area contributed by atoms with Crippen LogP contribution in [0.5, 0.6) is 0 Å². The number of rotatable bonds is 7. The maximum Gasteiger partial charge on any atom is 0.223 e. The Kier molecular flexibility index (Phi) is 6.13. The van der Waals surface area contributed by atoms with E-state index in [9.17, 15) is 9.59 Å². The van der Waals surface area contributed by atoms with Crippen molar-refractivity contribution in [2.24, 2.45) is 0 Å². The molecule has 0 atom stereocenters. The van der Waals surface area contributed by atoms with Crippen LogP contribution in [-0.4, -0.2) is 43.9 Å². The zero-order valence-electron chi connectivity index (χ0n) is 13.0. The molecule has 21 heavy (non-hydrogen) atoms. The normalized spacial score (nSPS) is 11.0. The first-order chi connectivity index (χ1) is 9.79. The van der Waals surface area contributed by atoms with Crippen LogP contribution in [0.1, 0.15) is 46.2 Å². The number of nitrogens with zero attached hydrogens (tertiary/aromatic N) is 4. The highest BCUT2D eigenvalue weighted by Gasteiger charge is 2.19. The molecule has 0 spiro atoms. The summed E-state index contributed by atoms with van der Waals surface area (Å²) in [6.07, 6.45) is 1.92. The highest BCUT2D eigenvalue weighted by Crippen LogP contribution is 2.09. The lowest BCUT2D eigenvalue weighted by molar-refractivity contribution is -0.135. The molecule has 0 fully saturated rings. The number of aromatic nitrogens is 3. The summed E-state index contributed by atoms with van der Waals surface area (Å²) in [5.41, 5.74) is 0.617. The van der Waals surface area contributed by atoms with E-state index in [1.807, 2.05) is 27.7 Å². The molecule has 0 aromatic carbocycles. The van der Waals surface area contributed by atoms with Crippen molar-refractivity contribution < 1.29 is 9.59 Å². The van der Waals surface area contributed by atoms with E-state index in [0.717, 1.165) is 4.79 Å². The van der Waals surface area contributed by atoms with Gasteiger partial charge in [0.15, 0.2) is 0 Å². The molecule has 0 saturated carbocycles. The maximum absolute atomic E-state index is 12.2. The number of hydrogen-bond donors (Lipinski definition) is 2. The largest absolute Gasteiger partial charge is 0.354 e. The van der Waals surface area contributed by atoms with Gasteiger partial charge in [-0.15, -0.1) is 5.10 Å². The van der Waals surface area contributed by atoms with Crippen molar-refractivity contribution >= 4 is 11.8 Å². The summed E-state index contributed by atoms with van der Waals surface area (Å²) in [5, 5.41) is 10.3. The first-order valence-corrected chi connectivity index (χ1v) is 7.04. The van der Waals surface area contributed by atoms with Crippen molar-refractivity contribution in [1.29, 1.82) is 0 Å². The van der Waals surface area contributed by atoms with Crippen LogP contribution in [-0.2, 0) is 16.1 Å². The average molecular weight is 296 g/mol. The maximum atomic E-state index is 12.2. The summed E-state index contributed by atoms with van der Waals surface area (Å²) in [4.78, 5) is 26.6. The van der Waals surface area contributed by atoms with Gasteiger partial charge in [-0.2, -0.15) is 4.79 Å². The number of carbonyl (C=O) groups excluding carboxylic acids is 2. The molecule has 3 N–H and O–H groups in total. The van der Waals surface area contributed by atoms with E-state index in [0.29, 0.717) is 12.2 Å². The molecule has 1 aromatic rings. The topological polar surface area (TPSA) is 106 Å². The smallest absolute Gasteiger partial charge is 0.223 e. The fourth-order valence-corrected chi connectivity index (χ4v) is 1.88. The Labute approximate surface area is 124 Å². The third-order valence-corrected chi connectivity index (χ3v) is 2.85. The molecule has 0 saturated heterocycles. The lowest BCUT2D eigenvalue weighted by Crippen LogP contribution is -2.37. The summed E-state index contributed by atoms with van der Waals surface area (Å²) in [7, 11) is 0. The van der Waals surface area contributed by atoms with Gasteiger partial charge in [-0.1, -0.05) is 0 Å². The second-order valence-electron chi connectivity index (χ2n) is 5.53. The van der Waals surface area contributed by atoms with Gasteiger partial charge in [0.1, 0.15) is 5.69 Å². The predicted octanol–water partition coefficient (Wildman–Crippen LogP) is 0.0337. The quantitative estimate of drug-likeness (QED) is 0.691. The fraction of sp³-hybridized carbons (Fsp3) is 0.692. The Morgan fingerprint density at radius 2 is 2.00 bits per heavy atom. The van der Waals surface area contributed by atoms with Crippen LogP contribution in [0.2, 0.25) is 0 Å². The van der Waals surface area contributed by atoms with E-state index < -0.39 is 0 Å². The molecule has 0 bridgehead atoms. The number of hydrogen-bond acceptors (Lipinski definition) is 5. The molecule has 8 heteroatoms. The third kappa shape index (κ3) is 5.80. The van der Waals surface area contributed by atoms with Gasteiger partial charge in [0.25, 0.3) is 0 Å². The number of carbonyl (C=O) groups is 2. The van der Waals surface area contributed by atoms with E-state index >= 15 is 0 Å². The Morgan fingerprint density at radius 1 is 1.33 bits per heavy atom. The molecule has 0 radical (unpaired) electrons. The van der Waals surface area contributed by atoms with Crippen LogP contribution >= 0.6 is 0 Å². The summed E-state index contributed by atoms with van der Waals surface area (Å²) in [6, 6.07) is 0.0852. The van der Waals surface area contributed by atoms with Crippen LogP contribution in [0.25, 0.3) is 0 Å². The molecule has 0 aliphatic rings. The van der Waals surface area contributed by atoms with Gasteiger partial charge >= 0.3 is 0 Å². The minimum atomic E-state index is -0.116. The van der Waals surface area contributed by atoms with Crippen LogP contribution in [0.4, 0.5) is 0 Å². The van der Waals surface area contributed by atoms with Crippen molar-refractivity contribution in [3.63, 3.8) is 0 Å². The van der Waals surface area contributed by atoms with Gasteiger partial charge in [-0.3, -0.25) is 9.59 Å². The van der Waals surface area contributed by atoms with Crippen LogP contribution in [0.3, 0.4) is 0 Å². The zero-order valence-corrected chi connectivity index (χ0v) is 13.0. The zero-order chi connectivity index (χ0) is 16.0. The Balaban J connectivity index is 2.55. The highest BCUT2D eigenvalue weighted by atomic mass is 16.2. The molecule has 0 aliphatic carbocycles. The van der Waals surface area contributed by atoms with Crippen molar-refractivity contribution in [2.45, 2.75) is 59.2 Å². The lowest BCUT2D eigenvalue weighted by Gasteiger charge is -2.25. The van der Waals surface area contributed by atoms with Gasteiger partial charge in [0.05, 0.1) is 12.7 Å². The van der Waals surface area contributed by atoms with E-state index in [1.54, 1.807) is 11.1 Å². The summed E-state index contributed by atoms with van der Waals surface area (Å²) in [6.45, 7) is 7.93. The van der Waals surface area contributed by atoms with Crippen LogP contribution in [0.15, 0.2) is 6.20 Å². The first kappa shape index (κ1) is 16.9. The molecule has 1 rings (SSSR count). The van der Waals surface area contributed by atoms with Gasteiger partial charge in [-0.05, 0) is 32.9 Å². The van der Waals surface area contributed by atoms with E-state index in [4.69, 9.17) is 5.84 Å². The van der Waals surface area contributed by atoms with Crippen molar-refractivity contribution in [1.82, 2.24) is 25.3 Å². The second-order valence-corrected chi connectivity index (χ2v) is 5.53. The van der Waals surface area contributed by atoms with Crippen molar-refractivity contribution in [2.75, 3.05) is 5.84 Å². The van der Waals surface area contributed by atoms with Gasteiger partial charge in [0.2, 0.25) is 11.8 Å². The van der Waals surface area contributed by atoms with E-state index in [2.05, 4.69) is 15.6 Å². The predicted molar refractivity (Wildman–Crippen MR) is 78.4 cm³/mol. The third-order valence-electron chi connectivity index (χ3n) is 2.85. The number of nitrogens with two attached hydrogens (primary N) is 1. The molecule has 2 amide bonds. The summed E-state index contributed by atoms with van der Waals surface area (Å²) >= 11 is 0. The summed E-state index contributed by atoms with van der Waals surface area (Å²) < 4.78 is 0. The minimum Gasteiger partial charge on any atom is -0.354 e. The molecule has 0 aliphatic heterocycles. The van der Waals surface area contributed by atoms with Gasteiger partial charge in [0, 0.05) is 24.9 Å². The SMILES string of the molecule is CC(C)NC(=O)CCC(=O)N(Cc1cn(N)nn1)C(C)C. The van der Waals surface area contributed by atoms with Crippen molar-refractivity contribution in [3.05, 3.63) is 11.9 Å². The van der Waals surface area contributed by atoms with E-state index in [-0.39, 0.29) is 36.7 Å². The average Bonchev–Trinajstić information content (AvgIpc) is 2.77. The van der Waals surface area contributed by atoms with E-state index in [1.165, 1.54) is 0 Å². The fourth-order valence-electron chi connectivity index (χ4n) is 1.88. The Hall–Kier alpha value is -2.12. The number of nitrogens with one attached hydrogen (secondary N) is 1. The Morgan fingerprint density at radius 3 is 2.48 bits per heavy atom. The molecular formula is C13H24N6O2. The van der Waals surface area contributed by atoms with Crippen molar-refractivity contribution in [3.8, 4) is 0 Å². The van der Waals surface area contributed by atoms with Crippen LogP contribution < -0.4 is 11.2 Å². The lowest BCUT2D eigenvalue weighted by atomic mass is 10.2. The Bertz CT molecular complexity index is 483. The number of amides is 2. The molecule has 8 nitrogen and oxygen atoms in total. The highest BCUT2D eigenvalue weighted by molar-refractivity contribution is 5.84. The van der Waals surface area contributed by atoms with Gasteiger partial charge in [-0.25, -0.2) is 0 Å². The second kappa shape index (κ2) is 7.61. The molecule has 0 unspecified atom stereocenters. The molecule has 118 valence electrons. The monoisotopic (exact) mass is 296 g/mol. The standard InChI is InChI=1S/C13H24N6O2/c1-9(2)15-12(20)5-6-13(21)18(10(3)4)7-11-8-19(14)17-16-11/h8-10H,5-7,14H2,1-4H3,(H,15,20). The van der Waals surface area contributed by atoms with Gasteiger partial charge < -0.3 is 16.1 Å². The molecule has 1 aromatic heterocycles. The molecular weight excluding hydrogens is 272 g/mol. The molecule has 1 heterocycles. The van der Waals surface area contributed by atoms with Crippen LogP contribution in [0, 0.1) is 0 Å². The summed E-state index contributed by atoms with van der Waals surface area (Å²) in [5.74, 6) is 5.23. The number of nitrogen functional groups attached to an aromatic ring is 1.